The summed E-state index contributed by atoms with van der Waals surface area (Å²) in [7, 11) is 0. The van der Waals surface area contributed by atoms with Crippen LogP contribution in [0.3, 0.4) is 0 Å². The van der Waals surface area contributed by atoms with E-state index in [1.165, 1.54) is 6.07 Å². The molecular weight excluding hydrogens is 481 g/mol. The van der Waals surface area contributed by atoms with E-state index in [0.29, 0.717) is 39.0 Å². The normalized spacial score (nSPS) is 15.9. The summed E-state index contributed by atoms with van der Waals surface area (Å²) < 4.78 is 30.2. The highest BCUT2D eigenvalue weighted by molar-refractivity contribution is 8.18. The van der Waals surface area contributed by atoms with Crippen LogP contribution in [0.4, 0.5) is 9.18 Å². The van der Waals surface area contributed by atoms with Gasteiger partial charge in [0.25, 0.3) is 11.1 Å². The number of carbonyl (C=O) groups is 2. The Hall–Kier alpha value is -3.49. The lowest BCUT2D eigenvalue weighted by atomic mass is 10.1. The molecule has 0 radical (unpaired) electrons. The molecule has 0 aliphatic carbocycles. The summed E-state index contributed by atoms with van der Waals surface area (Å²) in [5.74, 6) is 0.814. The molecule has 0 bridgehead atoms. The van der Waals surface area contributed by atoms with E-state index in [2.05, 4.69) is 0 Å². The van der Waals surface area contributed by atoms with Crippen LogP contribution in [0.1, 0.15) is 16.7 Å². The molecule has 34 heavy (non-hydrogen) atoms. The summed E-state index contributed by atoms with van der Waals surface area (Å²) in [6.07, 6.45) is 1.63. The zero-order valence-corrected chi connectivity index (χ0v) is 19.2. The maximum Gasteiger partial charge on any atom is 0.293 e. The zero-order chi connectivity index (χ0) is 23.7. The molecule has 0 spiro atoms. The third kappa shape index (κ3) is 4.60. The molecule has 2 aliphatic heterocycles. The van der Waals surface area contributed by atoms with Gasteiger partial charge in [0.05, 0.1) is 11.4 Å². The second kappa shape index (κ2) is 9.40. The lowest BCUT2D eigenvalue weighted by Crippen LogP contribution is -2.27. The van der Waals surface area contributed by atoms with Crippen molar-refractivity contribution in [2.45, 2.75) is 13.2 Å². The van der Waals surface area contributed by atoms with Crippen LogP contribution in [-0.4, -0.2) is 22.8 Å². The number of ether oxygens (including phenoxy) is 3. The number of halogens is 2. The van der Waals surface area contributed by atoms with Crippen LogP contribution in [0.5, 0.6) is 17.2 Å². The molecule has 6 nitrogen and oxygen atoms in total. The van der Waals surface area contributed by atoms with Gasteiger partial charge in [-0.15, -0.1) is 0 Å². The molecule has 2 amide bonds. The third-order valence-electron chi connectivity index (χ3n) is 5.25. The van der Waals surface area contributed by atoms with Gasteiger partial charge in [0.1, 0.15) is 18.2 Å². The topological polar surface area (TPSA) is 65.1 Å². The Morgan fingerprint density at radius 1 is 1.03 bits per heavy atom. The van der Waals surface area contributed by atoms with Crippen LogP contribution in [0.15, 0.2) is 65.6 Å². The maximum atomic E-state index is 13.8. The molecule has 2 aliphatic rings. The van der Waals surface area contributed by atoms with Crippen molar-refractivity contribution in [1.29, 1.82) is 0 Å². The first-order valence-electron chi connectivity index (χ1n) is 10.3. The summed E-state index contributed by atoms with van der Waals surface area (Å²) >= 11 is 7.16. The fraction of sp³-hybridized carbons (Fsp3) is 0.120. The van der Waals surface area contributed by atoms with Crippen LogP contribution in [-0.2, 0) is 17.9 Å². The Morgan fingerprint density at radius 3 is 2.65 bits per heavy atom. The van der Waals surface area contributed by atoms with Crippen molar-refractivity contribution < 1.29 is 28.2 Å². The van der Waals surface area contributed by atoms with Gasteiger partial charge in [0.2, 0.25) is 6.79 Å². The predicted octanol–water partition coefficient (Wildman–Crippen LogP) is 6.02. The molecule has 9 heteroatoms. The highest BCUT2D eigenvalue weighted by atomic mass is 35.5. The molecule has 0 unspecified atom stereocenters. The SMILES string of the molecule is O=C1S/C(=C/c2cccc(OCc3ccccc3F)c2)C(=O)N1Cc1cc2c(cc1Cl)OCO2. The largest absolute Gasteiger partial charge is 0.489 e. The number of rotatable bonds is 6. The summed E-state index contributed by atoms with van der Waals surface area (Å²) in [6.45, 7) is 0.189. The molecule has 5 rings (SSSR count). The first kappa shape index (κ1) is 22.3. The van der Waals surface area contributed by atoms with Crippen molar-refractivity contribution in [2.24, 2.45) is 0 Å². The molecule has 3 aromatic rings. The van der Waals surface area contributed by atoms with Gasteiger partial charge >= 0.3 is 0 Å². The van der Waals surface area contributed by atoms with E-state index in [0.717, 1.165) is 16.7 Å². The van der Waals surface area contributed by atoms with Crippen molar-refractivity contribution in [3.63, 3.8) is 0 Å². The number of fused-ring (bicyclic) bond motifs is 1. The molecule has 172 valence electrons. The number of carbonyl (C=O) groups excluding carboxylic acids is 2. The predicted molar refractivity (Wildman–Crippen MR) is 126 cm³/mol. The molecule has 3 aromatic carbocycles. The van der Waals surface area contributed by atoms with Gasteiger partial charge in [-0.3, -0.25) is 14.5 Å². The average Bonchev–Trinajstić information content (AvgIpc) is 3.38. The van der Waals surface area contributed by atoms with E-state index < -0.39 is 11.1 Å². The van der Waals surface area contributed by atoms with Crippen molar-refractivity contribution >= 4 is 40.6 Å². The van der Waals surface area contributed by atoms with E-state index in [1.807, 2.05) is 0 Å². The number of nitrogens with zero attached hydrogens (tertiary/aromatic N) is 1. The van der Waals surface area contributed by atoms with Crippen molar-refractivity contribution in [3.05, 3.63) is 93.1 Å². The molecular formula is C25H17ClFNO5S. The minimum Gasteiger partial charge on any atom is -0.489 e. The standard InChI is InChI=1S/C25H17ClFNO5S/c26-19-11-22-21(32-14-33-22)10-17(19)12-28-24(29)23(34-25(28)30)9-15-4-3-6-18(8-15)31-13-16-5-1-2-7-20(16)27/h1-11H,12-14H2/b23-9+. The summed E-state index contributed by atoms with van der Waals surface area (Å²) in [5.41, 5.74) is 1.70. The fourth-order valence-electron chi connectivity index (χ4n) is 3.51. The molecule has 0 atom stereocenters. The van der Waals surface area contributed by atoms with Gasteiger partial charge in [0.15, 0.2) is 11.5 Å². The molecule has 1 saturated heterocycles. The Kier molecular flexibility index (Phi) is 6.17. The molecule has 0 aromatic heterocycles. The second-order valence-electron chi connectivity index (χ2n) is 7.52. The van der Waals surface area contributed by atoms with Crippen LogP contribution < -0.4 is 14.2 Å². The van der Waals surface area contributed by atoms with Gasteiger partial charge in [0, 0.05) is 16.7 Å². The maximum absolute atomic E-state index is 13.8. The van der Waals surface area contributed by atoms with Crippen LogP contribution in [0, 0.1) is 5.82 Å². The van der Waals surface area contributed by atoms with E-state index in [9.17, 15) is 14.0 Å². The van der Waals surface area contributed by atoms with Gasteiger partial charge in [-0.05, 0) is 53.2 Å². The highest BCUT2D eigenvalue weighted by Gasteiger charge is 2.35. The van der Waals surface area contributed by atoms with E-state index in [4.69, 9.17) is 25.8 Å². The first-order valence-corrected chi connectivity index (χ1v) is 11.5. The van der Waals surface area contributed by atoms with Crippen molar-refractivity contribution in [2.75, 3.05) is 6.79 Å². The molecule has 0 saturated carbocycles. The fourth-order valence-corrected chi connectivity index (χ4v) is 4.56. The average molecular weight is 498 g/mol. The summed E-state index contributed by atoms with van der Waals surface area (Å²) in [5, 5.41) is -0.0103. The molecule has 0 N–H and O–H groups in total. The number of hydrogen-bond donors (Lipinski definition) is 0. The second-order valence-corrected chi connectivity index (χ2v) is 8.92. The number of hydrogen-bond acceptors (Lipinski definition) is 6. The third-order valence-corrected chi connectivity index (χ3v) is 6.51. The first-order chi connectivity index (χ1) is 16.5. The number of amides is 2. The van der Waals surface area contributed by atoms with Crippen molar-refractivity contribution in [3.8, 4) is 17.2 Å². The van der Waals surface area contributed by atoms with Crippen molar-refractivity contribution in [1.82, 2.24) is 4.90 Å². The number of imide groups is 1. The van der Waals surface area contributed by atoms with Crippen LogP contribution >= 0.6 is 23.4 Å². The minimum atomic E-state index is -0.415. The van der Waals surface area contributed by atoms with Gasteiger partial charge in [-0.25, -0.2) is 4.39 Å². The quantitative estimate of drug-likeness (QED) is 0.388. The van der Waals surface area contributed by atoms with Gasteiger partial charge in [-0.1, -0.05) is 41.9 Å². The minimum absolute atomic E-state index is 0.0171. The lowest BCUT2D eigenvalue weighted by molar-refractivity contribution is -0.123. The van der Waals surface area contributed by atoms with E-state index >= 15 is 0 Å². The Labute approximate surface area is 203 Å². The molecule has 2 heterocycles. The van der Waals surface area contributed by atoms with Crippen LogP contribution in [0.25, 0.3) is 6.08 Å². The smallest absolute Gasteiger partial charge is 0.293 e. The Bertz CT molecular complexity index is 1330. The van der Waals surface area contributed by atoms with E-state index in [-0.39, 0.29) is 30.7 Å². The van der Waals surface area contributed by atoms with E-state index in [1.54, 1.807) is 60.7 Å². The lowest BCUT2D eigenvalue weighted by Gasteiger charge is -2.14. The Morgan fingerprint density at radius 2 is 1.82 bits per heavy atom. The number of benzene rings is 3. The molecule has 1 fully saturated rings. The zero-order valence-electron chi connectivity index (χ0n) is 17.6. The van der Waals surface area contributed by atoms with Crippen LogP contribution in [0.2, 0.25) is 5.02 Å². The summed E-state index contributed by atoms with van der Waals surface area (Å²) in [6, 6.07) is 16.7. The monoisotopic (exact) mass is 497 g/mol. The number of thioether (sulfide) groups is 1. The Balaban J connectivity index is 1.30. The van der Waals surface area contributed by atoms with Gasteiger partial charge in [-0.2, -0.15) is 0 Å². The summed E-state index contributed by atoms with van der Waals surface area (Å²) in [4.78, 5) is 26.9. The highest BCUT2D eigenvalue weighted by Crippen LogP contribution is 2.39. The van der Waals surface area contributed by atoms with Gasteiger partial charge < -0.3 is 14.2 Å².